The van der Waals surface area contributed by atoms with Gasteiger partial charge in [0.15, 0.2) is 0 Å². The summed E-state index contributed by atoms with van der Waals surface area (Å²) in [5, 5.41) is 3.32. The van der Waals surface area contributed by atoms with Gasteiger partial charge in [0.05, 0.1) is 5.92 Å². The summed E-state index contributed by atoms with van der Waals surface area (Å²) >= 11 is 0. The predicted octanol–water partition coefficient (Wildman–Crippen LogP) is 2.03. The van der Waals surface area contributed by atoms with Crippen molar-refractivity contribution in [3.05, 3.63) is 35.9 Å². The Balaban J connectivity index is 0.00000162. The number of nitrogens with one attached hydrogen (secondary N) is 1. The van der Waals surface area contributed by atoms with E-state index >= 15 is 0 Å². The monoisotopic (exact) mass is 268 g/mol. The molecule has 0 spiro atoms. The van der Waals surface area contributed by atoms with Crippen LogP contribution in [0.4, 0.5) is 0 Å². The van der Waals surface area contributed by atoms with Crippen LogP contribution in [0.3, 0.4) is 0 Å². The SMILES string of the molecule is CC(C(=O)N1CCCNCC1)c1ccccc1.Cl. The highest BCUT2D eigenvalue weighted by Gasteiger charge is 2.22. The summed E-state index contributed by atoms with van der Waals surface area (Å²) in [4.78, 5) is 14.3. The van der Waals surface area contributed by atoms with E-state index in [-0.39, 0.29) is 24.2 Å². The molecule has 0 aromatic heterocycles. The molecule has 1 aromatic carbocycles. The molecule has 18 heavy (non-hydrogen) atoms. The van der Waals surface area contributed by atoms with Crippen LogP contribution in [0, 0.1) is 0 Å². The Morgan fingerprint density at radius 1 is 1.22 bits per heavy atom. The Morgan fingerprint density at radius 2 is 1.94 bits per heavy atom. The molecule has 4 heteroatoms. The predicted molar refractivity (Wildman–Crippen MR) is 76.2 cm³/mol. The van der Waals surface area contributed by atoms with Crippen LogP contribution >= 0.6 is 12.4 Å². The van der Waals surface area contributed by atoms with Gasteiger partial charge in [0.1, 0.15) is 0 Å². The molecule has 0 bridgehead atoms. The minimum Gasteiger partial charge on any atom is -0.341 e. The highest BCUT2D eigenvalue weighted by atomic mass is 35.5. The Labute approximate surface area is 115 Å². The fraction of sp³-hybridized carbons (Fsp3) is 0.500. The molecule has 1 unspecified atom stereocenters. The van der Waals surface area contributed by atoms with E-state index < -0.39 is 0 Å². The number of carbonyl (C=O) groups excluding carboxylic acids is 1. The molecule has 1 aromatic rings. The van der Waals surface area contributed by atoms with Crippen LogP contribution in [0.2, 0.25) is 0 Å². The van der Waals surface area contributed by atoms with Crippen molar-refractivity contribution in [2.24, 2.45) is 0 Å². The van der Waals surface area contributed by atoms with Crippen molar-refractivity contribution in [2.45, 2.75) is 19.3 Å². The van der Waals surface area contributed by atoms with Crippen molar-refractivity contribution in [1.82, 2.24) is 10.2 Å². The van der Waals surface area contributed by atoms with Gasteiger partial charge < -0.3 is 10.2 Å². The van der Waals surface area contributed by atoms with E-state index in [1.165, 1.54) is 0 Å². The van der Waals surface area contributed by atoms with Crippen molar-refractivity contribution in [1.29, 1.82) is 0 Å². The number of hydrogen-bond acceptors (Lipinski definition) is 2. The molecule has 1 heterocycles. The van der Waals surface area contributed by atoms with Crippen LogP contribution in [0.1, 0.15) is 24.8 Å². The smallest absolute Gasteiger partial charge is 0.229 e. The average molecular weight is 269 g/mol. The Hall–Kier alpha value is -1.06. The third kappa shape index (κ3) is 3.72. The number of halogens is 1. The molecule has 1 amide bonds. The normalized spacial score (nSPS) is 17.5. The first-order chi connectivity index (χ1) is 8.29. The molecular formula is C14H21ClN2O. The Morgan fingerprint density at radius 3 is 2.67 bits per heavy atom. The summed E-state index contributed by atoms with van der Waals surface area (Å²) in [5.74, 6) is 0.217. The number of nitrogens with zero attached hydrogens (tertiary/aromatic N) is 1. The second kappa shape index (κ2) is 7.39. The third-order valence-corrected chi connectivity index (χ3v) is 3.32. The lowest BCUT2D eigenvalue weighted by molar-refractivity contribution is -0.132. The lowest BCUT2D eigenvalue weighted by Crippen LogP contribution is -2.36. The second-order valence-corrected chi connectivity index (χ2v) is 4.56. The van der Waals surface area contributed by atoms with Crippen molar-refractivity contribution >= 4 is 18.3 Å². The zero-order valence-electron chi connectivity index (χ0n) is 10.8. The van der Waals surface area contributed by atoms with Crippen LogP contribution in [0.25, 0.3) is 0 Å². The van der Waals surface area contributed by atoms with Gasteiger partial charge >= 0.3 is 0 Å². The van der Waals surface area contributed by atoms with Gasteiger partial charge in [0, 0.05) is 19.6 Å². The average Bonchev–Trinajstić information content (AvgIpc) is 2.67. The van der Waals surface area contributed by atoms with Crippen LogP contribution < -0.4 is 5.32 Å². The lowest BCUT2D eigenvalue weighted by Gasteiger charge is -2.24. The summed E-state index contributed by atoms with van der Waals surface area (Å²) in [6, 6.07) is 10.0. The molecule has 1 fully saturated rings. The van der Waals surface area contributed by atoms with E-state index in [1.807, 2.05) is 42.2 Å². The maximum absolute atomic E-state index is 12.3. The summed E-state index contributed by atoms with van der Waals surface area (Å²) < 4.78 is 0. The molecule has 100 valence electrons. The van der Waals surface area contributed by atoms with Crippen molar-refractivity contribution in [2.75, 3.05) is 26.2 Å². The molecule has 3 nitrogen and oxygen atoms in total. The molecule has 1 aliphatic heterocycles. The molecule has 0 aliphatic carbocycles. The molecular weight excluding hydrogens is 248 g/mol. The Kier molecular flexibility index (Phi) is 6.16. The van der Waals surface area contributed by atoms with Gasteiger partial charge in [-0.05, 0) is 25.5 Å². The molecule has 1 aliphatic rings. The van der Waals surface area contributed by atoms with Crippen LogP contribution in [0.5, 0.6) is 0 Å². The van der Waals surface area contributed by atoms with E-state index in [2.05, 4.69) is 5.32 Å². The van der Waals surface area contributed by atoms with Crippen LogP contribution in [-0.4, -0.2) is 37.0 Å². The van der Waals surface area contributed by atoms with Gasteiger partial charge in [-0.25, -0.2) is 0 Å². The number of benzene rings is 1. The maximum Gasteiger partial charge on any atom is 0.229 e. The van der Waals surface area contributed by atoms with Crippen molar-refractivity contribution < 1.29 is 4.79 Å². The van der Waals surface area contributed by atoms with Gasteiger partial charge in [-0.1, -0.05) is 30.3 Å². The van der Waals surface area contributed by atoms with E-state index in [1.54, 1.807) is 0 Å². The van der Waals surface area contributed by atoms with Gasteiger partial charge in [0.2, 0.25) is 5.91 Å². The van der Waals surface area contributed by atoms with Gasteiger partial charge in [-0.2, -0.15) is 0 Å². The number of rotatable bonds is 2. The number of amides is 1. The zero-order valence-corrected chi connectivity index (χ0v) is 11.6. The number of hydrogen-bond donors (Lipinski definition) is 1. The first-order valence-corrected chi connectivity index (χ1v) is 6.33. The van der Waals surface area contributed by atoms with E-state index in [0.717, 1.165) is 38.2 Å². The molecule has 0 saturated carbocycles. The van der Waals surface area contributed by atoms with Crippen LogP contribution in [0.15, 0.2) is 30.3 Å². The minimum absolute atomic E-state index is 0. The zero-order chi connectivity index (χ0) is 12.1. The molecule has 1 atom stereocenters. The van der Waals surface area contributed by atoms with Gasteiger partial charge in [0.25, 0.3) is 0 Å². The van der Waals surface area contributed by atoms with E-state index in [9.17, 15) is 4.79 Å². The second-order valence-electron chi connectivity index (χ2n) is 4.56. The first kappa shape index (κ1) is 15.0. The molecule has 1 saturated heterocycles. The molecule has 1 N–H and O–H groups in total. The summed E-state index contributed by atoms with van der Waals surface area (Å²) in [6.45, 7) is 5.63. The maximum atomic E-state index is 12.3. The van der Waals surface area contributed by atoms with Crippen molar-refractivity contribution in [3.8, 4) is 0 Å². The largest absolute Gasteiger partial charge is 0.341 e. The lowest BCUT2D eigenvalue weighted by atomic mass is 10.00. The first-order valence-electron chi connectivity index (χ1n) is 6.33. The summed E-state index contributed by atoms with van der Waals surface area (Å²) in [5.41, 5.74) is 1.11. The topological polar surface area (TPSA) is 32.3 Å². The van der Waals surface area contributed by atoms with Gasteiger partial charge in [-0.3, -0.25) is 4.79 Å². The van der Waals surface area contributed by atoms with E-state index in [4.69, 9.17) is 0 Å². The van der Waals surface area contributed by atoms with Gasteiger partial charge in [-0.15, -0.1) is 12.4 Å². The Bertz CT molecular complexity index is 361. The molecule has 0 radical (unpaired) electrons. The fourth-order valence-electron chi connectivity index (χ4n) is 2.22. The summed E-state index contributed by atoms with van der Waals surface area (Å²) in [6.07, 6.45) is 1.05. The standard InChI is InChI=1S/C14H20N2O.ClH/c1-12(13-6-3-2-4-7-13)14(17)16-10-5-8-15-9-11-16;/h2-4,6-7,12,15H,5,8-11H2,1H3;1H. The number of carbonyl (C=O) groups is 1. The van der Waals surface area contributed by atoms with E-state index in [0.29, 0.717) is 0 Å². The minimum atomic E-state index is -0.0331. The summed E-state index contributed by atoms with van der Waals surface area (Å²) in [7, 11) is 0. The third-order valence-electron chi connectivity index (χ3n) is 3.32. The van der Waals surface area contributed by atoms with Crippen LogP contribution in [-0.2, 0) is 4.79 Å². The fourth-order valence-corrected chi connectivity index (χ4v) is 2.22. The molecule has 2 rings (SSSR count). The highest BCUT2D eigenvalue weighted by molar-refractivity contribution is 5.85. The highest BCUT2D eigenvalue weighted by Crippen LogP contribution is 2.17. The van der Waals surface area contributed by atoms with Crippen molar-refractivity contribution in [3.63, 3.8) is 0 Å². The quantitative estimate of drug-likeness (QED) is 0.890.